The normalized spacial score (nSPS) is 12.0. The van der Waals surface area contributed by atoms with Crippen molar-refractivity contribution in [1.29, 1.82) is 0 Å². The quantitative estimate of drug-likeness (QED) is 0.916. The van der Waals surface area contributed by atoms with Crippen LogP contribution >= 0.6 is 0 Å². The monoisotopic (exact) mass is 293 g/mol. The van der Waals surface area contributed by atoms with Gasteiger partial charge in [0.05, 0.1) is 7.11 Å². The fraction of sp³-hybridized carbons (Fsp3) is 0.250. The number of halogens is 2. The Kier molecular flexibility index (Phi) is 4.75. The molecule has 0 aliphatic rings. The van der Waals surface area contributed by atoms with Gasteiger partial charge in [0.1, 0.15) is 29.7 Å². The Morgan fingerprint density at radius 1 is 1.14 bits per heavy atom. The lowest BCUT2D eigenvalue weighted by molar-refractivity contribution is 0.292. The lowest BCUT2D eigenvalue weighted by Gasteiger charge is -2.15. The number of nitrogens with two attached hydrogens (primary N) is 1. The zero-order valence-corrected chi connectivity index (χ0v) is 11.9. The topological polar surface area (TPSA) is 44.5 Å². The van der Waals surface area contributed by atoms with Crippen LogP contribution in [0.5, 0.6) is 11.5 Å². The van der Waals surface area contributed by atoms with Crippen LogP contribution < -0.4 is 15.2 Å². The molecule has 5 heteroatoms. The highest BCUT2D eigenvalue weighted by molar-refractivity contribution is 5.42. The molecule has 2 N–H and O–H groups in total. The van der Waals surface area contributed by atoms with Gasteiger partial charge in [0.2, 0.25) is 0 Å². The van der Waals surface area contributed by atoms with Crippen molar-refractivity contribution < 1.29 is 18.3 Å². The lowest BCUT2D eigenvalue weighted by atomic mass is 10.1. The fourth-order valence-corrected chi connectivity index (χ4v) is 1.94. The van der Waals surface area contributed by atoms with Crippen molar-refractivity contribution in [1.82, 2.24) is 0 Å². The largest absolute Gasteiger partial charge is 0.497 e. The van der Waals surface area contributed by atoms with Crippen molar-refractivity contribution in [2.24, 2.45) is 5.73 Å². The summed E-state index contributed by atoms with van der Waals surface area (Å²) in [7, 11) is 1.55. The van der Waals surface area contributed by atoms with Gasteiger partial charge in [0.25, 0.3) is 0 Å². The molecule has 0 radical (unpaired) electrons. The third-order valence-electron chi connectivity index (χ3n) is 3.11. The molecule has 0 bridgehead atoms. The number of hydrogen-bond donors (Lipinski definition) is 1. The van der Waals surface area contributed by atoms with E-state index < -0.39 is 11.6 Å². The SMILES string of the molecule is COc1ccc([C@H](C)N)c(OCc2ccc(F)cc2F)c1. The van der Waals surface area contributed by atoms with Gasteiger partial charge in [0.15, 0.2) is 0 Å². The van der Waals surface area contributed by atoms with Crippen LogP contribution in [0.25, 0.3) is 0 Å². The van der Waals surface area contributed by atoms with Crippen molar-refractivity contribution >= 4 is 0 Å². The molecule has 1 atom stereocenters. The van der Waals surface area contributed by atoms with Crippen LogP contribution in [0.2, 0.25) is 0 Å². The zero-order chi connectivity index (χ0) is 15.4. The molecule has 2 rings (SSSR count). The van der Waals surface area contributed by atoms with E-state index in [1.807, 2.05) is 6.92 Å². The highest BCUT2D eigenvalue weighted by Gasteiger charge is 2.11. The summed E-state index contributed by atoms with van der Waals surface area (Å²) in [5.41, 5.74) is 6.94. The fourth-order valence-electron chi connectivity index (χ4n) is 1.94. The second-order valence-electron chi connectivity index (χ2n) is 4.72. The molecular weight excluding hydrogens is 276 g/mol. The molecule has 3 nitrogen and oxygen atoms in total. The van der Waals surface area contributed by atoms with E-state index in [-0.39, 0.29) is 18.2 Å². The molecule has 0 aromatic heterocycles. The number of ether oxygens (including phenoxy) is 2. The summed E-state index contributed by atoms with van der Waals surface area (Å²) in [6, 6.07) is 8.43. The number of methoxy groups -OCH3 is 1. The minimum Gasteiger partial charge on any atom is -0.497 e. The van der Waals surface area contributed by atoms with Gasteiger partial charge in [-0.3, -0.25) is 0 Å². The van der Waals surface area contributed by atoms with Gasteiger partial charge in [-0.1, -0.05) is 6.07 Å². The summed E-state index contributed by atoms with van der Waals surface area (Å²) in [6.45, 7) is 1.81. The molecule has 0 amide bonds. The van der Waals surface area contributed by atoms with Crippen LogP contribution in [-0.4, -0.2) is 7.11 Å². The Morgan fingerprint density at radius 3 is 2.52 bits per heavy atom. The molecule has 0 aliphatic carbocycles. The van der Waals surface area contributed by atoms with E-state index in [1.54, 1.807) is 25.3 Å². The maximum atomic E-state index is 13.6. The van der Waals surface area contributed by atoms with Gasteiger partial charge in [0, 0.05) is 29.3 Å². The lowest BCUT2D eigenvalue weighted by Crippen LogP contribution is -2.08. The van der Waals surface area contributed by atoms with E-state index in [2.05, 4.69) is 0 Å². The van der Waals surface area contributed by atoms with Gasteiger partial charge < -0.3 is 15.2 Å². The summed E-state index contributed by atoms with van der Waals surface area (Å²) >= 11 is 0. The molecule has 0 unspecified atom stereocenters. The van der Waals surface area contributed by atoms with E-state index in [0.29, 0.717) is 11.5 Å². The van der Waals surface area contributed by atoms with Crippen molar-refractivity contribution in [2.75, 3.05) is 7.11 Å². The minimum atomic E-state index is -0.639. The molecule has 0 saturated heterocycles. The van der Waals surface area contributed by atoms with E-state index in [0.717, 1.165) is 11.6 Å². The first-order chi connectivity index (χ1) is 10.0. The van der Waals surface area contributed by atoms with Gasteiger partial charge in [-0.15, -0.1) is 0 Å². The highest BCUT2D eigenvalue weighted by atomic mass is 19.1. The summed E-state index contributed by atoms with van der Waals surface area (Å²) < 4.78 is 37.2. The van der Waals surface area contributed by atoms with E-state index in [4.69, 9.17) is 15.2 Å². The van der Waals surface area contributed by atoms with Gasteiger partial charge >= 0.3 is 0 Å². The Balaban J connectivity index is 2.22. The third-order valence-corrected chi connectivity index (χ3v) is 3.11. The van der Waals surface area contributed by atoms with Crippen LogP contribution in [0.4, 0.5) is 8.78 Å². The molecule has 112 valence electrons. The van der Waals surface area contributed by atoms with Gasteiger partial charge in [-0.25, -0.2) is 8.78 Å². The first-order valence-corrected chi connectivity index (χ1v) is 6.51. The summed E-state index contributed by atoms with van der Waals surface area (Å²) in [6.07, 6.45) is 0. The average Bonchev–Trinajstić information content (AvgIpc) is 2.45. The van der Waals surface area contributed by atoms with Crippen LogP contribution in [0.15, 0.2) is 36.4 Å². The molecule has 0 saturated carbocycles. The Labute approximate surface area is 122 Å². The first kappa shape index (κ1) is 15.3. The van der Waals surface area contributed by atoms with Crippen molar-refractivity contribution in [3.8, 4) is 11.5 Å². The van der Waals surface area contributed by atoms with Crippen LogP contribution in [0, 0.1) is 11.6 Å². The summed E-state index contributed by atoms with van der Waals surface area (Å²) in [5.74, 6) is -0.115. The summed E-state index contributed by atoms with van der Waals surface area (Å²) in [5, 5.41) is 0. The Bertz CT molecular complexity index is 630. The smallest absolute Gasteiger partial charge is 0.132 e. The molecule has 21 heavy (non-hydrogen) atoms. The number of benzene rings is 2. The van der Waals surface area contributed by atoms with Crippen molar-refractivity contribution in [3.05, 3.63) is 59.2 Å². The summed E-state index contributed by atoms with van der Waals surface area (Å²) in [4.78, 5) is 0. The second kappa shape index (κ2) is 6.54. The number of hydrogen-bond acceptors (Lipinski definition) is 3. The number of rotatable bonds is 5. The van der Waals surface area contributed by atoms with Gasteiger partial charge in [-0.2, -0.15) is 0 Å². The third kappa shape index (κ3) is 3.70. The zero-order valence-electron chi connectivity index (χ0n) is 11.9. The Hall–Kier alpha value is -2.14. The predicted octanol–water partition coefficient (Wildman–Crippen LogP) is 3.57. The molecule has 2 aromatic rings. The van der Waals surface area contributed by atoms with Crippen LogP contribution in [0.3, 0.4) is 0 Å². The van der Waals surface area contributed by atoms with Crippen LogP contribution in [-0.2, 0) is 6.61 Å². The molecule has 0 fully saturated rings. The van der Waals surface area contributed by atoms with Crippen LogP contribution in [0.1, 0.15) is 24.1 Å². The van der Waals surface area contributed by atoms with Gasteiger partial charge in [-0.05, 0) is 25.1 Å². The minimum absolute atomic E-state index is 0.0149. The second-order valence-corrected chi connectivity index (χ2v) is 4.72. The molecular formula is C16H17F2NO2. The van der Waals surface area contributed by atoms with Crippen molar-refractivity contribution in [3.63, 3.8) is 0 Å². The Morgan fingerprint density at radius 2 is 1.90 bits per heavy atom. The maximum absolute atomic E-state index is 13.6. The van der Waals surface area contributed by atoms with E-state index in [9.17, 15) is 8.78 Å². The maximum Gasteiger partial charge on any atom is 0.132 e. The highest BCUT2D eigenvalue weighted by Crippen LogP contribution is 2.29. The molecule has 0 spiro atoms. The van der Waals surface area contributed by atoms with E-state index in [1.165, 1.54) is 12.1 Å². The van der Waals surface area contributed by atoms with E-state index >= 15 is 0 Å². The molecule has 0 aliphatic heterocycles. The molecule has 0 heterocycles. The van der Waals surface area contributed by atoms with Crippen molar-refractivity contribution in [2.45, 2.75) is 19.6 Å². The molecule has 2 aromatic carbocycles. The average molecular weight is 293 g/mol. The standard InChI is InChI=1S/C16H17F2NO2/c1-10(19)14-6-5-13(20-2)8-16(14)21-9-11-3-4-12(17)7-15(11)18/h3-8,10H,9,19H2,1-2H3/t10-/m0/s1. The first-order valence-electron chi connectivity index (χ1n) is 6.51. The predicted molar refractivity (Wildman–Crippen MR) is 76.3 cm³/mol.